The Balaban J connectivity index is 2.86. The van der Waals surface area contributed by atoms with Crippen LogP contribution in [0.2, 0.25) is 0 Å². The van der Waals surface area contributed by atoms with E-state index in [1.165, 1.54) is 0 Å². The summed E-state index contributed by atoms with van der Waals surface area (Å²) in [5.74, 6) is 0.303. The van der Waals surface area contributed by atoms with Crippen LogP contribution in [0.5, 0.6) is 5.75 Å². The number of aromatic hydroxyl groups is 1. The van der Waals surface area contributed by atoms with Crippen LogP contribution >= 0.6 is 0 Å². The summed E-state index contributed by atoms with van der Waals surface area (Å²) in [4.78, 5) is 1.06. The van der Waals surface area contributed by atoms with Crippen molar-refractivity contribution < 1.29 is 10.0 Å². The maximum absolute atomic E-state index is 9.12. The van der Waals surface area contributed by atoms with Crippen LogP contribution < -0.4 is 4.90 Å². The van der Waals surface area contributed by atoms with Crippen LogP contribution in [0.1, 0.15) is 6.92 Å². The van der Waals surface area contributed by atoms with Crippen molar-refractivity contribution >= 4 is 5.69 Å². The Morgan fingerprint density at radius 1 is 1.55 bits per heavy atom. The van der Waals surface area contributed by atoms with Crippen LogP contribution in [0, 0.1) is 7.05 Å². The van der Waals surface area contributed by atoms with E-state index in [4.69, 9.17) is 5.11 Å². The van der Waals surface area contributed by atoms with Gasteiger partial charge in [0.05, 0.1) is 6.54 Å². The van der Waals surface area contributed by atoms with Gasteiger partial charge in [0, 0.05) is 6.07 Å². The molecule has 2 heteroatoms. The number of benzene rings is 1. The summed E-state index contributed by atoms with van der Waals surface area (Å²) in [6.07, 6.45) is 0. The first-order valence-electron chi connectivity index (χ1n) is 3.71. The third kappa shape index (κ3) is 1.95. The molecule has 0 saturated carbocycles. The fourth-order valence-corrected chi connectivity index (χ4v) is 0.930. The number of quaternary nitrogens is 1. The third-order valence-electron chi connectivity index (χ3n) is 1.68. The fourth-order valence-electron chi connectivity index (χ4n) is 0.930. The summed E-state index contributed by atoms with van der Waals surface area (Å²) in [5.41, 5.74) is 1.02. The maximum atomic E-state index is 9.12. The van der Waals surface area contributed by atoms with Crippen molar-refractivity contribution in [2.45, 2.75) is 6.92 Å². The molecule has 11 heavy (non-hydrogen) atoms. The van der Waals surface area contributed by atoms with Gasteiger partial charge in [0.25, 0.3) is 0 Å². The Bertz CT molecular complexity index is 235. The molecule has 0 spiro atoms. The molecule has 0 aliphatic carbocycles. The molecule has 1 aromatic rings. The summed E-state index contributed by atoms with van der Waals surface area (Å²) in [5, 5.41) is 9.12. The molecule has 60 valence electrons. The van der Waals surface area contributed by atoms with Gasteiger partial charge >= 0.3 is 0 Å². The Morgan fingerprint density at radius 3 is 2.82 bits per heavy atom. The van der Waals surface area contributed by atoms with Crippen molar-refractivity contribution in [1.82, 2.24) is 0 Å². The van der Waals surface area contributed by atoms with Gasteiger partial charge < -0.3 is 10.0 Å². The predicted octanol–water partition coefficient (Wildman–Crippen LogP) is 0.720. The lowest BCUT2D eigenvalue weighted by Gasteiger charge is -2.17. The highest BCUT2D eigenvalue weighted by atomic mass is 16.3. The normalized spacial score (nSPS) is 12.9. The Labute approximate surface area is 67.1 Å². The third-order valence-corrected chi connectivity index (χ3v) is 1.68. The van der Waals surface area contributed by atoms with Crippen molar-refractivity contribution in [3.8, 4) is 5.75 Å². The maximum Gasteiger partial charge on any atom is 0.121 e. The summed E-state index contributed by atoms with van der Waals surface area (Å²) >= 11 is 0. The topological polar surface area (TPSA) is 24.7 Å². The lowest BCUT2D eigenvalue weighted by molar-refractivity contribution is -0.780. The van der Waals surface area contributed by atoms with Gasteiger partial charge in [-0.1, -0.05) is 6.07 Å². The van der Waals surface area contributed by atoms with E-state index >= 15 is 0 Å². The van der Waals surface area contributed by atoms with Crippen LogP contribution in [0.4, 0.5) is 5.69 Å². The quantitative estimate of drug-likeness (QED) is 0.598. The molecule has 0 aliphatic rings. The number of hydrogen-bond donors (Lipinski definition) is 2. The van der Waals surface area contributed by atoms with Crippen LogP contribution in [0.15, 0.2) is 24.3 Å². The van der Waals surface area contributed by atoms with Crippen LogP contribution in [-0.2, 0) is 0 Å². The van der Waals surface area contributed by atoms with Crippen LogP contribution in [-0.4, -0.2) is 11.7 Å². The predicted molar refractivity (Wildman–Crippen MR) is 44.6 cm³/mol. The second-order valence-electron chi connectivity index (χ2n) is 2.51. The summed E-state index contributed by atoms with van der Waals surface area (Å²) in [6, 6.07) is 7.16. The highest BCUT2D eigenvalue weighted by Crippen LogP contribution is 2.11. The molecule has 0 fully saturated rings. The van der Waals surface area contributed by atoms with E-state index in [-0.39, 0.29) is 0 Å². The van der Waals surface area contributed by atoms with Gasteiger partial charge in [-0.05, 0) is 19.1 Å². The lowest BCUT2D eigenvalue weighted by atomic mass is 10.3. The number of rotatable bonds is 2. The van der Waals surface area contributed by atoms with E-state index in [1.54, 1.807) is 12.1 Å². The highest BCUT2D eigenvalue weighted by Gasteiger charge is 1.97. The molecule has 2 nitrogen and oxygen atoms in total. The Hall–Kier alpha value is -1.02. The lowest BCUT2D eigenvalue weighted by Crippen LogP contribution is -3.01. The molecule has 0 heterocycles. The number of phenolic OH excluding ortho intramolecular Hbond substituents is 1. The molecule has 0 amide bonds. The summed E-state index contributed by atoms with van der Waals surface area (Å²) < 4.78 is 0. The summed E-state index contributed by atoms with van der Waals surface area (Å²) in [7, 11) is 3.87. The van der Waals surface area contributed by atoms with Gasteiger partial charge in [-0.3, -0.25) is 0 Å². The fraction of sp³-hybridized carbons (Fsp3) is 0.222. The molecular weight excluding hydrogens is 138 g/mol. The van der Waals surface area contributed by atoms with E-state index in [2.05, 4.69) is 7.05 Å². The van der Waals surface area contributed by atoms with E-state index in [1.807, 2.05) is 19.1 Å². The number of hydrogen-bond acceptors (Lipinski definition) is 1. The first-order valence-corrected chi connectivity index (χ1v) is 3.71. The van der Waals surface area contributed by atoms with Gasteiger partial charge in [-0.15, -0.1) is 7.05 Å². The zero-order valence-electron chi connectivity index (χ0n) is 6.67. The van der Waals surface area contributed by atoms with Crippen molar-refractivity contribution in [2.24, 2.45) is 0 Å². The van der Waals surface area contributed by atoms with Gasteiger partial charge in [0.2, 0.25) is 0 Å². The van der Waals surface area contributed by atoms with Crippen molar-refractivity contribution in [2.75, 3.05) is 6.54 Å². The average Bonchev–Trinajstić information content (AvgIpc) is 2.03. The van der Waals surface area contributed by atoms with Crippen LogP contribution in [0.3, 0.4) is 0 Å². The standard InChI is InChI=1S/C9H13NO/c1-3-10(2)8-5-4-6-9(11)7-8/h4-7,10-11H,2-3H2,1H3. The molecule has 0 radical (unpaired) electrons. The molecular formula is C9H13NO. The van der Waals surface area contributed by atoms with Gasteiger partial charge in [0.15, 0.2) is 0 Å². The Morgan fingerprint density at radius 2 is 2.27 bits per heavy atom. The van der Waals surface area contributed by atoms with Crippen LogP contribution in [0.25, 0.3) is 0 Å². The van der Waals surface area contributed by atoms with Gasteiger partial charge in [0.1, 0.15) is 11.4 Å². The monoisotopic (exact) mass is 151 g/mol. The molecule has 1 aromatic carbocycles. The number of phenols is 1. The molecule has 0 bridgehead atoms. The van der Waals surface area contributed by atoms with Crippen molar-refractivity contribution in [1.29, 1.82) is 0 Å². The molecule has 1 atom stereocenters. The largest absolute Gasteiger partial charge is 0.508 e. The minimum absolute atomic E-state index is 0.303. The van der Waals surface area contributed by atoms with Gasteiger partial charge in [-0.2, -0.15) is 0 Å². The summed E-state index contributed by atoms with van der Waals surface area (Å²) in [6.45, 7) is 2.97. The van der Waals surface area contributed by atoms with Crippen molar-refractivity contribution in [3.05, 3.63) is 31.3 Å². The first kappa shape index (κ1) is 8.08. The first-order chi connectivity index (χ1) is 5.24. The molecule has 2 N–H and O–H groups in total. The second kappa shape index (κ2) is 3.39. The zero-order chi connectivity index (χ0) is 8.27. The molecule has 0 saturated heterocycles. The highest BCUT2D eigenvalue weighted by molar-refractivity contribution is 5.36. The van der Waals surface area contributed by atoms with E-state index in [9.17, 15) is 0 Å². The minimum Gasteiger partial charge on any atom is -0.508 e. The van der Waals surface area contributed by atoms with Gasteiger partial charge in [-0.25, -0.2) is 0 Å². The second-order valence-corrected chi connectivity index (χ2v) is 2.51. The SMILES string of the molecule is [CH2-][NH+](CC)c1cccc(O)c1. The van der Waals surface area contributed by atoms with E-state index in [0.717, 1.165) is 17.1 Å². The molecule has 0 aliphatic heterocycles. The number of nitrogens with one attached hydrogen (secondary N) is 1. The van der Waals surface area contributed by atoms with E-state index in [0.29, 0.717) is 5.75 Å². The molecule has 1 unspecified atom stereocenters. The van der Waals surface area contributed by atoms with Crippen molar-refractivity contribution in [3.63, 3.8) is 0 Å². The van der Waals surface area contributed by atoms with E-state index < -0.39 is 0 Å². The molecule has 0 aromatic heterocycles. The molecule has 1 rings (SSSR count). The Kier molecular flexibility index (Phi) is 2.49. The minimum atomic E-state index is 0.303. The average molecular weight is 151 g/mol. The smallest absolute Gasteiger partial charge is 0.121 e. The zero-order valence-corrected chi connectivity index (χ0v) is 6.67.